The highest BCUT2D eigenvalue weighted by Crippen LogP contribution is 2.44. The molecule has 2 aliphatic rings. The molecule has 0 aliphatic carbocycles. The number of nitrogens with one attached hydrogen (secondary N) is 1. The summed E-state index contributed by atoms with van der Waals surface area (Å²) >= 11 is 5.32. The number of carbonyl (C=O) groups excluding carboxylic acids is 2. The van der Waals surface area contributed by atoms with E-state index in [0.29, 0.717) is 18.7 Å². The Labute approximate surface area is 190 Å². The zero-order valence-electron chi connectivity index (χ0n) is 17.3. The number of aryl methyl sites for hydroxylation is 2. The van der Waals surface area contributed by atoms with Gasteiger partial charge in [0.15, 0.2) is 0 Å². The van der Waals surface area contributed by atoms with Gasteiger partial charge in [0.05, 0.1) is 4.87 Å². The number of urea groups is 1. The highest BCUT2D eigenvalue weighted by Gasteiger charge is 2.47. The van der Waals surface area contributed by atoms with Crippen LogP contribution in [0.2, 0.25) is 0 Å². The number of anilines is 1. The van der Waals surface area contributed by atoms with Crippen LogP contribution in [0.3, 0.4) is 0 Å². The van der Waals surface area contributed by atoms with Gasteiger partial charge in [0.25, 0.3) is 5.91 Å². The maximum absolute atomic E-state index is 13.2. The van der Waals surface area contributed by atoms with Gasteiger partial charge in [0.2, 0.25) is 0 Å². The molecule has 2 heterocycles. The number of rotatable bonds is 2. The molecule has 0 bridgehead atoms. The molecule has 2 aromatic carbocycles. The van der Waals surface area contributed by atoms with Gasteiger partial charge in [-0.1, -0.05) is 28.1 Å². The first-order valence-electron chi connectivity index (χ1n) is 10.2. The second-order valence-corrected chi connectivity index (χ2v) is 10.4. The lowest BCUT2D eigenvalue weighted by atomic mass is 10.0. The van der Waals surface area contributed by atoms with Crippen molar-refractivity contribution in [3.8, 4) is 0 Å². The van der Waals surface area contributed by atoms with Gasteiger partial charge in [-0.15, -0.1) is 11.8 Å². The Balaban J connectivity index is 1.41. The molecule has 2 fully saturated rings. The van der Waals surface area contributed by atoms with E-state index in [2.05, 4.69) is 28.2 Å². The summed E-state index contributed by atoms with van der Waals surface area (Å²) in [6.07, 6.45) is 1.58. The van der Waals surface area contributed by atoms with Crippen LogP contribution >= 0.6 is 27.7 Å². The fraction of sp³-hybridized carbons (Fsp3) is 0.391. The molecule has 0 saturated carbocycles. The minimum atomic E-state index is -0.212. The van der Waals surface area contributed by atoms with Gasteiger partial charge in [0, 0.05) is 41.1 Å². The third kappa shape index (κ3) is 4.23. The Hall–Kier alpha value is -1.99. The molecule has 158 valence electrons. The first-order chi connectivity index (χ1) is 14.4. The third-order valence-corrected chi connectivity index (χ3v) is 8.13. The highest BCUT2D eigenvalue weighted by molar-refractivity contribution is 9.10. The standard InChI is InChI=1S/C23H26BrN3O2S/c1-16-6-7-20(14-17(16)2)25-22(29)26-10-8-23(9-11-26)27(12-13-30-23)21(28)18-4-3-5-19(24)15-18/h3-7,14-15H,8-13H2,1-2H3,(H,25,29). The minimum absolute atomic E-state index is 0.0685. The lowest BCUT2D eigenvalue weighted by Crippen LogP contribution is -2.54. The second-order valence-electron chi connectivity index (χ2n) is 7.98. The molecule has 3 amide bonds. The molecule has 1 N–H and O–H groups in total. The molecule has 5 nitrogen and oxygen atoms in total. The van der Waals surface area contributed by atoms with E-state index < -0.39 is 0 Å². The summed E-state index contributed by atoms with van der Waals surface area (Å²) in [4.78, 5) is 29.6. The monoisotopic (exact) mass is 487 g/mol. The number of piperidine rings is 1. The van der Waals surface area contributed by atoms with Gasteiger partial charge >= 0.3 is 6.03 Å². The van der Waals surface area contributed by atoms with Crippen molar-refractivity contribution in [2.75, 3.05) is 30.7 Å². The zero-order chi connectivity index (χ0) is 21.3. The van der Waals surface area contributed by atoms with Gasteiger partial charge in [-0.2, -0.15) is 0 Å². The van der Waals surface area contributed by atoms with Crippen LogP contribution in [0.1, 0.15) is 34.3 Å². The Kier molecular flexibility index (Phi) is 6.11. The van der Waals surface area contributed by atoms with Crippen LogP contribution in [0.15, 0.2) is 46.9 Å². The third-order valence-electron chi connectivity index (χ3n) is 6.08. The van der Waals surface area contributed by atoms with Crippen LogP contribution in [0.5, 0.6) is 0 Å². The maximum atomic E-state index is 13.2. The summed E-state index contributed by atoms with van der Waals surface area (Å²) in [5.41, 5.74) is 3.90. The molecular weight excluding hydrogens is 462 g/mol. The summed E-state index contributed by atoms with van der Waals surface area (Å²) < 4.78 is 0.909. The van der Waals surface area contributed by atoms with E-state index in [-0.39, 0.29) is 16.8 Å². The van der Waals surface area contributed by atoms with Gasteiger partial charge < -0.3 is 15.1 Å². The first-order valence-corrected chi connectivity index (χ1v) is 12.0. The average Bonchev–Trinajstić information content (AvgIpc) is 3.13. The number of halogens is 1. The Morgan fingerprint density at radius 1 is 1.03 bits per heavy atom. The van der Waals surface area contributed by atoms with E-state index in [1.165, 1.54) is 5.56 Å². The van der Waals surface area contributed by atoms with Gasteiger partial charge in [-0.25, -0.2) is 4.79 Å². The largest absolute Gasteiger partial charge is 0.324 e. The van der Waals surface area contributed by atoms with Crippen molar-refractivity contribution in [1.29, 1.82) is 0 Å². The number of benzene rings is 2. The molecule has 30 heavy (non-hydrogen) atoms. The molecule has 4 rings (SSSR count). The normalized spacial score (nSPS) is 18.0. The number of likely N-dealkylation sites (tertiary alicyclic amines) is 1. The van der Waals surface area contributed by atoms with E-state index in [4.69, 9.17) is 0 Å². The van der Waals surface area contributed by atoms with Crippen LogP contribution in [-0.4, -0.2) is 52.0 Å². The van der Waals surface area contributed by atoms with Crippen molar-refractivity contribution in [2.45, 2.75) is 31.6 Å². The van der Waals surface area contributed by atoms with Crippen molar-refractivity contribution < 1.29 is 9.59 Å². The van der Waals surface area contributed by atoms with Crippen molar-refractivity contribution in [1.82, 2.24) is 9.80 Å². The van der Waals surface area contributed by atoms with Crippen LogP contribution in [-0.2, 0) is 0 Å². The fourth-order valence-corrected chi connectivity index (χ4v) is 6.02. The molecular formula is C23H26BrN3O2S. The SMILES string of the molecule is Cc1ccc(NC(=O)N2CCC3(CC2)SCCN3C(=O)c2cccc(Br)c2)cc1C. The van der Waals surface area contributed by atoms with Crippen LogP contribution in [0.25, 0.3) is 0 Å². The lowest BCUT2D eigenvalue weighted by Gasteiger charge is -2.44. The number of amides is 3. The number of hydrogen-bond donors (Lipinski definition) is 1. The molecule has 2 aromatic rings. The van der Waals surface area contributed by atoms with E-state index >= 15 is 0 Å². The minimum Gasteiger partial charge on any atom is -0.324 e. The summed E-state index contributed by atoms with van der Waals surface area (Å²) in [6.45, 7) is 6.15. The summed E-state index contributed by atoms with van der Waals surface area (Å²) in [5, 5.41) is 3.02. The van der Waals surface area contributed by atoms with Gasteiger partial charge in [-0.05, 0) is 68.1 Å². The number of nitrogens with zero attached hydrogens (tertiary/aromatic N) is 2. The van der Waals surface area contributed by atoms with Crippen molar-refractivity contribution in [3.05, 3.63) is 63.6 Å². The Morgan fingerprint density at radius 3 is 2.50 bits per heavy atom. The molecule has 1 spiro atoms. The van der Waals surface area contributed by atoms with Crippen molar-refractivity contribution in [2.24, 2.45) is 0 Å². The topological polar surface area (TPSA) is 52.7 Å². The first kappa shape index (κ1) is 21.2. The lowest BCUT2D eigenvalue weighted by molar-refractivity contribution is 0.0585. The molecule has 2 aliphatic heterocycles. The van der Waals surface area contributed by atoms with Crippen molar-refractivity contribution >= 4 is 45.3 Å². The molecule has 0 unspecified atom stereocenters. The summed E-state index contributed by atoms with van der Waals surface area (Å²) in [7, 11) is 0. The zero-order valence-corrected chi connectivity index (χ0v) is 19.7. The predicted octanol–water partition coefficient (Wildman–Crippen LogP) is 5.28. The highest BCUT2D eigenvalue weighted by atomic mass is 79.9. The van der Waals surface area contributed by atoms with Crippen LogP contribution in [0, 0.1) is 13.8 Å². The quantitative estimate of drug-likeness (QED) is 0.626. The summed E-state index contributed by atoms with van der Waals surface area (Å²) in [6, 6.07) is 13.5. The Bertz CT molecular complexity index is 973. The smallest absolute Gasteiger partial charge is 0.321 e. The second kappa shape index (κ2) is 8.63. The molecule has 7 heteroatoms. The molecule has 0 atom stereocenters. The van der Waals surface area contributed by atoms with Crippen LogP contribution < -0.4 is 5.32 Å². The number of thioether (sulfide) groups is 1. The average molecular weight is 488 g/mol. The predicted molar refractivity (Wildman–Crippen MR) is 126 cm³/mol. The molecule has 2 saturated heterocycles. The van der Waals surface area contributed by atoms with E-state index in [0.717, 1.165) is 40.9 Å². The number of hydrogen-bond acceptors (Lipinski definition) is 3. The Morgan fingerprint density at radius 2 is 1.80 bits per heavy atom. The maximum Gasteiger partial charge on any atom is 0.321 e. The molecule has 0 aromatic heterocycles. The van der Waals surface area contributed by atoms with Crippen LogP contribution in [0.4, 0.5) is 10.5 Å². The van der Waals surface area contributed by atoms with Gasteiger partial charge in [-0.3, -0.25) is 4.79 Å². The molecule has 0 radical (unpaired) electrons. The van der Waals surface area contributed by atoms with Crippen molar-refractivity contribution in [3.63, 3.8) is 0 Å². The summed E-state index contributed by atoms with van der Waals surface area (Å²) in [5.74, 6) is 1.02. The van der Waals surface area contributed by atoms with Gasteiger partial charge in [0.1, 0.15) is 0 Å². The van der Waals surface area contributed by atoms with E-state index in [1.807, 2.05) is 71.0 Å². The number of carbonyl (C=O) groups is 2. The van der Waals surface area contributed by atoms with E-state index in [9.17, 15) is 9.59 Å². The fourth-order valence-electron chi connectivity index (χ4n) is 4.17. The van der Waals surface area contributed by atoms with E-state index in [1.54, 1.807) is 0 Å².